The zero-order valence-electron chi connectivity index (χ0n) is 11.2. The number of rotatable bonds is 5. The van der Waals surface area contributed by atoms with Gasteiger partial charge in [-0.3, -0.25) is 4.99 Å². The number of nitrogens with one attached hydrogen (secondary N) is 2. The number of hydrogen-bond donors (Lipinski definition) is 2. The summed E-state index contributed by atoms with van der Waals surface area (Å²) in [4.78, 5) is 4.35. The first-order valence-electron chi connectivity index (χ1n) is 6.67. The van der Waals surface area contributed by atoms with Crippen molar-refractivity contribution in [1.29, 1.82) is 0 Å². The molecule has 0 amide bonds. The monoisotopic (exact) mass is 281 g/mol. The summed E-state index contributed by atoms with van der Waals surface area (Å²) in [6.45, 7) is 5.46. The van der Waals surface area contributed by atoms with Gasteiger partial charge in [0.2, 0.25) is 0 Å². The van der Waals surface area contributed by atoms with E-state index in [9.17, 15) is 0 Å². The van der Waals surface area contributed by atoms with Gasteiger partial charge in [-0.25, -0.2) is 0 Å². The summed E-state index contributed by atoms with van der Waals surface area (Å²) >= 11 is 5.90. The Morgan fingerprint density at radius 1 is 1.47 bits per heavy atom. The molecular formula is C14H20ClN3O. The molecule has 0 bridgehead atoms. The van der Waals surface area contributed by atoms with Gasteiger partial charge in [-0.1, -0.05) is 11.6 Å². The van der Waals surface area contributed by atoms with E-state index in [1.165, 1.54) is 0 Å². The van der Waals surface area contributed by atoms with Crippen LogP contribution in [0.15, 0.2) is 23.2 Å². The Hall–Kier alpha value is -1.42. The maximum absolute atomic E-state index is 5.90. The van der Waals surface area contributed by atoms with Crippen LogP contribution >= 0.6 is 11.6 Å². The predicted molar refractivity (Wildman–Crippen MR) is 79.2 cm³/mol. The zero-order chi connectivity index (χ0) is 13.5. The first kappa shape index (κ1) is 14.0. The second kappa shape index (κ2) is 7.24. The molecule has 19 heavy (non-hydrogen) atoms. The van der Waals surface area contributed by atoms with Crippen LogP contribution in [0, 0.1) is 6.92 Å². The Morgan fingerprint density at radius 3 is 3.11 bits per heavy atom. The molecule has 2 N–H and O–H groups in total. The van der Waals surface area contributed by atoms with E-state index in [1.54, 1.807) is 0 Å². The lowest BCUT2D eigenvalue weighted by Gasteiger charge is -2.16. The molecule has 0 atom stereocenters. The van der Waals surface area contributed by atoms with Crippen molar-refractivity contribution in [2.24, 2.45) is 4.99 Å². The second-order valence-electron chi connectivity index (χ2n) is 4.55. The number of guanidine groups is 1. The van der Waals surface area contributed by atoms with Gasteiger partial charge in [0.1, 0.15) is 5.75 Å². The fourth-order valence-electron chi connectivity index (χ4n) is 1.89. The Morgan fingerprint density at radius 2 is 2.37 bits per heavy atom. The van der Waals surface area contributed by atoms with Crippen molar-refractivity contribution in [2.75, 3.05) is 26.2 Å². The molecule has 0 spiro atoms. The number of aliphatic imine (C=N–C) groups is 1. The summed E-state index contributed by atoms with van der Waals surface area (Å²) in [6.07, 6.45) is 2.05. The molecule has 0 fully saturated rings. The normalized spacial score (nSPS) is 14.5. The highest BCUT2D eigenvalue weighted by atomic mass is 35.5. The van der Waals surface area contributed by atoms with Crippen LogP contribution in [0.4, 0.5) is 0 Å². The lowest BCUT2D eigenvalue weighted by molar-refractivity contribution is 0.309. The van der Waals surface area contributed by atoms with Crippen molar-refractivity contribution in [3.63, 3.8) is 0 Å². The first-order valence-corrected chi connectivity index (χ1v) is 7.04. The minimum absolute atomic E-state index is 0.683. The highest BCUT2D eigenvalue weighted by Gasteiger charge is 2.03. The van der Waals surface area contributed by atoms with E-state index >= 15 is 0 Å². The fourth-order valence-corrected chi connectivity index (χ4v) is 2.11. The smallest absolute Gasteiger partial charge is 0.191 e. The Kier molecular flexibility index (Phi) is 5.33. The lowest BCUT2D eigenvalue weighted by atomic mass is 10.2. The zero-order valence-corrected chi connectivity index (χ0v) is 12.0. The number of ether oxygens (including phenoxy) is 1. The highest BCUT2D eigenvalue weighted by molar-refractivity contribution is 6.30. The largest absolute Gasteiger partial charge is 0.493 e. The van der Waals surface area contributed by atoms with Crippen molar-refractivity contribution >= 4 is 17.6 Å². The summed E-state index contributed by atoms with van der Waals surface area (Å²) < 4.78 is 5.72. The molecule has 1 aliphatic rings. The van der Waals surface area contributed by atoms with Crippen LogP contribution in [0.1, 0.15) is 18.4 Å². The van der Waals surface area contributed by atoms with Gasteiger partial charge in [0.25, 0.3) is 0 Å². The van der Waals surface area contributed by atoms with Gasteiger partial charge in [0.05, 0.1) is 6.61 Å². The number of aryl methyl sites for hydroxylation is 1. The van der Waals surface area contributed by atoms with Crippen LogP contribution in [0.2, 0.25) is 5.02 Å². The van der Waals surface area contributed by atoms with Crippen LogP contribution in [-0.2, 0) is 0 Å². The molecule has 5 heteroatoms. The molecule has 0 saturated heterocycles. The standard InChI is InChI=1S/C14H20ClN3O/c1-11-10-12(15)4-5-13(11)19-9-3-8-18-14-16-6-2-7-17-14/h4-5,10H,2-3,6-9H2,1H3,(H2,16,17,18). The second-order valence-corrected chi connectivity index (χ2v) is 4.99. The highest BCUT2D eigenvalue weighted by Crippen LogP contribution is 2.21. The summed E-state index contributed by atoms with van der Waals surface area (Å²) in [5.74, 6) is 1.81. The molecule has 0 aliphatic carbocycles. The molecule has 4 nitrogen and oxygen atoms in total. The third-order valence-corrected chi connectivity index (χ3v) is 3.14. The molecule has 1 aliphatic heterocycles. The van der Waals surface area contributed by atoms with Crippen LogP contribution in [0.5, 0.6) is 5.75 Å². The first-order chi connectivity index (χ1) is 9.25. The average molecular weight is 282 g/mol. The van der Waals surface area contributed by atoms with Crippen LogP contribution < -0.4 is 15.4 Å². The van der Waals surface area contributed by atoms with Crippen molar-refractivity contribution in [2.45, 2.75) is 19.8 Å². The van der Waals surface area contributed by atoms with Gasteiger partial charge in [-0.2, -0.15) is 0 Å². The molecule has 1 heterocycles. The molecule has 2 rings (SSSR count). The van der Waals surface area contributed by atoms with Crippen molar-refractivity contribution in [3.8, 4) is 5.75 Å². The van der Waals surface area contributed by atoms with Gasteiger partial charge in [0, 0.05) is 24.7 Å². The van der Waals surface area contributed by atoms with Crippen molar-refractivity contribution < 1.29 is 4.74 Å². The Balaban J connectivity index is 1.65. The topological polar surface area (TPSA) is 45.6 Å². The summed E-state index contributed by atoms with van der Waals surface area (Å²) in [5, 5.41) is 7.24. The molecule has 0 radical (unpaired) electrons. The van der Waals surface area contributed by atoms with Gasteiger partial charge in [0.15, 0.2) is 5.96 Å². The maximum atomic E-state index is 5.90. The molecule has 0 unspecified atom stereocenters. The van der Waals surface area contributed by atoms with E-state index in [-0.39, 0.29) is 0 Å². The molecular weight excluding hydrogens is 262 g/mol. The Labute approximate surface area is 119 Å². The number of hydrogen-bond acceptors (Lipinski definition) is 4. The van der Waals surface area contributed by atoms with Crippen molar-refractivity contribution in [3.05, 3.63) is 28.8 Å². The van der Waals surface area contributed by atoms with E-state index in [0.29, 0.717) is 6.61 Å². The fraction of sp³-hybridized carbons (Fsp3) is 0.500. The number of benzene rings is 1. The molecule has 104 valence electrons. The van der Waals surface area contributed by atoms with E-state index in [4.69, 9.17) is 16.3 Å². The van der Waals surface area contributed by atoms with E-state index < -0.39 is 0 Å². The molecule has 1 aromatic carbocycles. The van der Waals surface area contributed by atoms with Gasteiger partial charge in [-0.15, -0.1) is 0 Å². The maximum Gasteiger partial charge on any atom is 0.191 e. The summed E-state index contributed by atoms with van der Waals surface area (Å²) in [7, 11) is 0. The lowest BCUT2D eigenvalue weighted by Crippen LogP contribution is -2.41. The minimum Gasteiger partial charge on any atom is -0.493 e. The predicted octanol–water partition coefficient (Wildman–Crippen LogP) is 2.36. The quantitative estimate of drug-likeness (QED) is 0.815. The summed E-state index contributed by atoms with van der Waals surface area (Å²) in [6, 6.07) is 5.68. The SMILES string of the molecule is Cc1cc(Cl)ccc1OCCCNC1=NCCCN1. The number of halogens is 1. The molecule has 1 aromatic rings. The van der Waals surface area contributed by atoms with Gasteiger partial charge < -0.3 is 15.4 Å². The third kappa shape index (κ3) is 4.63. The third-order valence-electron chi connectivity index (χ3n) is 2.91. The van der Waals surface area contributed by atoms with Gasteiger partial charge >= 0.3 is 0 Å². The summed E-state index contributed by atoms with van der Waals surface area (Å²) in [5.41, 5.74) is 1.07. The van der Waals surface area contributed by atoms with Gasteiger partial charge in [-0.05, 0) is 43.5 Å². The Bertz CT molecular complexity index is 448. The van der Waals surface area contributed by atoms with Crippen molar-refractivity contribution in [1.82, 2.24) is 10.6 Å². The molecule has 0 saturated carbocycles. The van der Waals surface area contributed by atoms with Crippen LogP contribution in [0.25, 0.3) is 0 Å². The van der Waals surface area contributed by atoms with Crippen LogP contribution in [-0.4, -0.2) is 32.2 Å². The van der Waals surface area contributed by atoms with Crippen LogP contribution in [0.3, 0.4) is 0 Å². The molecule has 0 aromatic heterocycles. The van der Waals surface area contributed by atoms with E-state index in [0.717, 1.165) is 54.8 Å². The minimum atomic E-state index is 0.683. The number of nitrogens with zero attached hydrogens (tertiary/aromatic N) is 1. The average Bonchev–Trinajstić information content (AvgIpc) is 2.42. The van der Waals surface area contributed by atoms with E-state index in [1.807, 2.05) is 25.1 Å². The van der Waals surface area contributed by atoms with E-state index in [2.05, 4.69) is 15.6 Å².